The van der Waals surface area contributed by atoms with E-state index >= 15 is 0 Å². The summed E-state index contributed by atoms with van der Waals surface area (Å²) in [4.78, 5) is 33.8. The number of aromatic nitrogens is 1. The third-order valence-corrected chi connectivity index (χ3v) is 5.61. The molecule has 0 unspecified atom stereocenters. The number of aliphatic hydroxyl groups excluding tert-OH is 1. The molecule has 7 heteroatoms. The maximum atomic E-state index is 13.0. The van der Waals surface area contributed by atoms with Crippen LogP contribution in [0.3, 0.4) is 0 Å². The van der Waals surface area contributed by atoms with Crippen LogP contribution in [0.1, 0.15) is 31.0 Å². The Labute approximate surface area is 188 Å². The van der Waals surface area contributed by atoms with Gasteiger partial charge < -0.3 is 19.6 Å². The van der Waals surface area contributed by atoms with Crippen molar-refractivity contribution in [1.29, 1.82) is 0 Å². The van der Waals surface area contributed by atoms with Crippen molar-refractivity contribution in [2.45, 2.75) is 19.9 Å². The molecule has 1 amide bonds. The lowest BCUT2D eigenvalue weighted by molar-refractivity contribution is -0.140. The standard InChI is InChI=1S/C25H29N3O4/c1-4-17-32-20-9-7-19(8-10-20)23(29)21-22(18-11-13-26-14-12-18)28(25(31)24(21)30)16-15-27(5-2)6-3/h4,7-14,22,29H,1,5-6,15-17H2,2-3H3/b23-21+/t22-/m0/s1. The van der Waals surface area contributed by atoms with E-state index in [1.165, 1.54) is 0 Å². The van der Waals surface area contributed by atoms with Crippen LogP contribution < -0.4 is 4.74 Å². The van der Waals surface area contributed by atoms with E-state index in [-0.39, 0.29) is 11.3 Å². The number of ether oxygens (including phenoxy) is 1. The highest BCUT2D eigenvalue weighted by Gasteiger charge is 2.45. The number of hydrogen-bond acceptors (Lipinski definition) is 6. The molecule has 0 bridgehead atoms. The molecular weight excluding hydrogens is 406 g/mol. The maximum Gasteiger partial charge on any atom is 0.295 e. The summed E-state index contributed by atoms with van der Waals surface area (Å²) in [6, 6.07) is 9.60. The van der Waals surface area contributed by atoms with Crippen molar-refractivity contribution in [1.82, 2.24) is 14.8 Å². The molecule has 3 rings (SSSR count). The van der Waals surface area contributed by atoms with Crippen molar-refractivity contribution in [3.05, 3.63) is 78.1 Å². The molecule has 1 aliphatic rings. The average Bonchev–Trinajstić information content (AvgIpc) is 3.08. The first-order chi connectivity index (χ1) is 15.5. The lowest BCUT2D eigenvalue weighted by Crippen LogP contribution is -2.38. The summed E-state index contributed by atoms with van der Waals surface area (Å²) in [5.74, 6) is -0.875. The Balaban J connectivity index is 2.00. The molecule has 1 N–H and O–H groups in total. The van der Waals surface area contributed by atoms with Gasteiger partial charge in [0.1, 0.15) is 18.1 Å². The molecule has 1 saturated heterocycles. The largest absolute Gasteiger partial charge is 0.507 e. The van der Waals surface area contributed by atoms with E-state index in [1.54, 1.807) is 59.8 Å². The quantitative estimate of drug-likeness (QED) is 0.267. The number of likely N-dealkylation sites (tertiary alicyclic amines) is 1. The molecule has 168 valence electrons. The van der Waals surface area contributed by atoms with Gasteiger partial charge in [0, 0.05) is 31.0 Å². The van der Waals surface area contributed by atoms with Crippen LogP contribution in [-0.2, 0) is 9.59 Å². The number of amides is 1. The van der Waals surface area contributed by atoms with Crippen LogP contribution in [0, 0.1) is 0 Å². The number of benzene rings is 1. The van der Waals surface area contributed by atoms with E-state index < -0.39 is 17.7 Å². The second kappa shape index (κ2) is 10.7. The van der Waals surface area contributed by atoms with Gasteiger partial charge >= 0.3 is 0 Å². The number of nitrogens with zero attached hydrogens (tertiary/aromatic N) is 3. The predicted molar refractivity (Wildman–Crippen MR) is 123 cm³/mol. The number of Topliss-reactive ketones (excluding diaryl/α,β-unsaturated/α-hetero) is 1. The molecule has 0 radical (unpaired) electrons. The zero-order valence-corrected chi connectivity index (χ0v) is 18.5. The number of pyridine rings is 1. The topological polar surface area (TPSA) is 83.0 Å². The second-order valence-electron chi connectivity index (χ2n) is 7.42. The molecule has 1 fully saturated rings. The third kappa shape index (κ3) is 4.89. The van der Waals surface area contributed by atoms with Gasteiger partial charge in [-0.25, -0.2) is 0 Å². The highest BCUT2D eigenvalue weighted by atomic mass is 16.5. The minimum atomic E-state index is -0.684. The van der Waals surface area contributed by atoms with E-state index in [0.29, 0.717) is 31.0 Å². The minimum absolute atomic E-state index is 0.0838. The minimum Gasteiger partial charge on any atom is -0.507 e. The summed E-state index contributed by atoms with van der Waals surface area (Å²) < 4.78 is 5.48. The number of carbonyl (C=O) groups is 2. The summed E-state index contributed by atoms with van der Waals surface area (Å²) in [5.41, 5.74) is 1.25. The zero-order valence-electron chi connectivity index (χ0n) is 18.5. The van der Waals surface area contributed by atoms with Crippen LogP contribution in [0.4, 0.5) is 0 Å². The fraction of sp³-hybridized carbons (Fsp3) is 0.320. The van der Waals surface area contributed by atoms with Crippen molar-refractivity contribution in [2.75, 3.05) is 32.8 Å². The Hall–Kier alpha value is -3.45. The SMILES string of the molecule is C=CCOc1ccc(/C(O)=C2\C(=O)C(=O)N(CCN(CC)CC)[C@H]2c2ccncc2)cc1. The average molecular weight is 436 g/mol. The molecule has 1 aromatic heterocycles. The normalized spacial score (nSPS) is 17.7. The van der Waals surface area contributed by atoms with Crippen molar-refractivity contribution >= 4 is 17.4 Å². The van der Waals surface area contributed by atoms with Crippen LogP contribution >= 0.6 is 0 Å². The fourth-order valence-corrected chi connectivity index (χ4v) is 3.81. The first-order valence-electron chi connectivity index (χ1n) is 10.8. The van der Waals surface area contributed by atoms with Crippen molar-refractivity contribution in [2.24, 2.45) is 0 Å². The van der Waals surface area contributed by atoms with Gasteiger partial charge in [0.2, 0.25) is 0 Å². The summed E-state index contributed by atoms with van der Waals surface area (Å²) in [6.07, 6.45) is 4.87. The molecule has 2 aromatic rings. The molecule has 7 nitrogen and oxygen atoms in total. The van der Waals surface area contributed by atoms with E-state index in [0.717, 1.165) is 18.7 Å². The van der Waals surface area contributed by atoms with E-state index in [9.17, 15) is 14.7 Å². The molecular formula is C25H29N3O4. The summed E-state index contributed by atoms with van der Waals surface area (Å²) >= 11 is 0. The Morgan fingerprint density at radius 1 is 1.16 bits per heavy atom. The summed E-state index contributed by atoms with van der Waals surface area (Å²) in [7, 11) is 0. The Kier molecular flexibility index (Phi) is 7.78. The van der Waals surface area contributed by atoms with E-state index in [2.05, 4.69) is 30.3 Å². The van der Waals surface area contributed by atoms with E-state index in [4.69, 9.17) is 4.74 Å². The number of ketones is 1. The Morgan fingerprint density at radius 3 is 2.41 bits per heavy atom. The van der Waals surface area contributed by atoms with Gasteiger partial charge in [0.05, 0.1) is 11.6 Å². The van der Waals surface area contributed by atoms with Crippen molar-refractivity contribution < 1.29 is 19.4 Å². The van der Waals surface area contributed by atoms with Gasteiger partial charge in [-0.2, -0.15) is 0 Å². The monoisotopic (exact) mass is 435 g/mol. The number of aliphatic hydroxyl groups is 1. The van der Waals surface area contributed by atoms with Crippen LogP contribution in [0.15, 0.2) is 67.0 Å². The summed E-state index contributed by atoms with van der Waals surface area (Å²) in [5, 5.41) is 11.1. The van der Waals surface area contributed by atoms with Crippen molar-refractivity contribution in [3.8, 4) is 5.75 Å². The molecule has 2 heterocycles. The van der Waals surface area contributed by atoms with Gasteiger partial charge in [0.15, 0.2) is 0 Å². The fourth-order valence-electron chi connectivity index (χ4n) is 3.81. The zero-order chi connectivity index (χ0) is 23.1. The van der Waals surface area contributed by atoms with Gasteiger partial charge in [0.25, 0.3) is 11.7 Å². The molecule has 0 saturated carbocycles. The van der Waals surface area contributed by atoms with Gasteiger partial charge in [-0.15, -0.1) is 0 Å². The van der Waals surface area contributed by atoms with Crippen LogP contribution in [0.2, 0.25) is 0 Å². The molecule has 0 spiro atoms. The Morgan fingerprint density at radius 2 is 1.81 bits per heavy atom. The molecule has 1 aromatic carbocycles. The first-order valence-corrected chi connectivity index (χ1v) is 10.8. The number of hydrogen-bond donors (Lipinski definition) is 1. The van der Waals surface area contributed by atoms with Gasteiger partial charge in [-0.1, -0.05) is 26.5 Å². The Bertz CT molecular complexity index is 982. The van der Waals surface area contributed by atoms with Gasteiger partial charge in [-0.05, 0) is 55.1 Å². The first kappa shape index (κ1) is 23.2. The van der Waals surface area contributed by atoms with Crippen molar-refractivity contribution in [3.63, 3.8) is 0 Å². The predicted octanol–water partition coefficient (Wildman–Crippen LogP) is 3.41. The van der Waals surface area contributed by atoms with Gasteiger partial charge in [-0.3, -0.25) is 14.6 Å². The molecule has 0 aliphatic carbocycles. The molecule has 1 atom stereocenters. The molecule has 1 aliphatic heterocycles. The second-order valence-corrected chi connectivity index (χ2v) is 7.42. The molecule has 32 heavy (non-hydrogen) atoms. The number of rotatable bonds is 10. The number of carbonyl (C=O) groups excluding carboxylic acids is 2. The highest BCUT2D eigenvalue weighted by molar-refractivity contribution is 6.46. The smallest absolute Gasteiger partial charge is 0.295 e. The van der Waals surface area contributed by atoms with Crippen LogP contribution in [-0.4, -0.2) is 64.4 Å². The highest BCUT2D eigenvalue weighted by Crippen LogP contribution is 2.39. The van der Waals surface area contributed by atoms with Crippen LogP contribution in [0.5, 0.6) is 5.75 Å². The van der Waals surface area contributed by atoms with E-state index in [1.807, 2.05) is 0 Å². The summed E-state index contributed by atoms with van der Waals surface area (Å²) in [6.45, 7) is 10.8. The van der Waals surface area contributed by atoms with Crippen LogP contribution in [0.25, 0.3) is 5.76 Å². The lowest BCUT2D eigenvalue weighted by Gasteiger charge is -2.28. The third-order valence-electron chi connectivity index (χ3n) is 5.61. The number of likely N-dealkylation sites (N-methyl/N-ethyl adjacent to an activating group) is 1. The maximum absolute atomic E-state index is 13.0. The lowest BCUT2D eigenvalue weighted by atomic mass is 9.96.